The average Bonchev–Trinajstić information content (AvgIpc) is 2.46. The number of rotatable bonds is 3. The van der Waals surface area contributed by atoms with E-state index in [0.29, 0.717) is 11.8 Å². The summed E-state index contributed by atoms with van der Waals surface area (Å²) in [5.74, 6) is 4.04. The Balaban J connectivity index is 1.79. The van der Waals surface area contributed by atoms with E-state index in [0.717, 1.165) is 49.6 Å². The number of carbonyl (C=O) groups is 1. The molecule has 2 rings (SSSR count). The van der Waals surface area contributed by atoms with Gasteiger partial charge in [0.2, 0.25) is 5.91 Å². The molecule has 0 aromatic carbocycles. The van der Waals surface area contributed by atoms with Gasteiger partial charge >= 0.3 is 0 Å². The molecule has 2 nitrogen and oxygen atoms in total. The number of amides is 1. The molecule has 0 spiro atoms. The fraction of sp³-hybridized carbons (Fsp3) is 0.944. The van der Waals surface area contributed by atoms with Crippen molar-refractivity contribution in [1.29, 1.82) is 0 Å². The molecule has 2 aliphatic rings. The Bertz CT molecular complexity index is 277. The van der Waals surface area contributed by atoms with Crippen LogP contribution in [0.15, 0.2) is 0 Å². The largest absolute Gasteiger partial charge is 0.342 e. The monoisotopic (exact) mass is 279 g/mol. The standard InChI is InChI=1S/C18H33NO/c1-13(2)15-5-7-17(8-6-15)18(20)19-11-9-16(10-12-19)14(3)4/h13-17H,5-12H2,1-4H3. The van der Waals surface area contributed by atoms with Gasteiger partial charge in [-0.15, -0.1) is 0 Å². The van der Waals surface area contributed by atoms with Crippen LogP contribution in [0.5, 0.6) is 0 Å². The van der Waals surface area contributed by atoms with Crippen LogP contribution in [0, 0.1) is 29.6 Å². The number of hydrogen-bond donors (Lipinski definition) is 0. The van der Waals surface area contributed by atoms with Gasteiger partial charge in [0.25, 0.3) is 0 Å². The maximum atomic E-state index is 12.6. The van der Waals surface area contributed by atoms with Gasteiger partial charge in [0.15, 0.2) is 0 Å². The molecular weight excluding hydrogens is 246 g/mol. The first-order valence-electron chi connectivity index (χ1n) is 8.77. The lowest BCUT2D eigenvalue weighted by molar-refractivity contribution is -0.138. The molecule has 0 radical (unpaired) electrons. The van der Waals surface area contributed by atoms with Crippen LogP contribution in [0.4, 0.5) is 0 Å². The zero-order valence-electron chi connectivity index (χ0n) is 13.9. The van der Waals surface area contributed by atoms with Crippen LogP contribution in [-0.2, 0) is 4.79 Å². The third kappa shape index (κ3) is 3.77. The van der Waals surface area contributed by atoms with Crippen LogP contribution in [-0.4, -0.2) is 23.9 Å². The summed E-state index contributed by atoms with van der Waals surface area (Å²) in [6, 6.07) is 0. The van der Waals surface area contributed by atoms with Crippen molar-refractivity contribution in [3.05, 3.63) is 0 Å². The quantitative estimate of drug-likeness (QED) is 0.752. The van der Waals surface area contributed by atoms with E-state index in [1.165, 1.54) is 25.7 Å². The van der Waals surface area contributed by atoms with E-state index in [1.807, 2.05) is 0 Å². The van der Waals surface area contributed by atoms with Gasteiger partial charge < -0.3 is 4.90 Å². The summed E-state index contributed by atoms with van der Waals surface area (Å²) in [7, 11) is 0. The van der Waals surface area contributed by atoms with Gasteiger partial charge in [-0.2, -0.15) is 0 Å². The molecule has 20 heavy (non-hydrogen) atoms. The second-order valence-electron chi connectivity index (χ2n) is 7.76. The zero-order valence-corrected chi connectivity index (χ0v) is 13.9. The highest BCUT2D eigenvalue weighted by Gasteiger charge is 2.32. The van der Waals surface area contributed by atoms with Gasteiger partial charge in [-0.3, -0.25) is 4.79 Å². The summed E-state index contributed by atoms with van der Waals surface area (Å²) in [5, 5.41) is 0. The first kappa shape index (κ1) is 15.9. The molecule has 116 valence electrons. The van der Waals surface area contributed by atoms with E-state index >= 15 is 0 Å². The van der Waals surface area contributed by atoms with E-state index in [9.17, 15) is 4.79 Å². The van der Waals surface area contributed by atoms with E-state index in [1.54, 1.807) is 0 Å². The molecule has 0 aromatic heterocycles. The van der Waals surface area contributed by atoms with Gasteiger partial charge in [-0.25, -0.2) is 0 Å². The first-order chi connectivity index (χ1) is 9.49. The Labute approximate surface area is 125 Å². The molecule has 1 heterocycles. The van der Waals surface area contributed by atoms with Crippen molar-refractivity contribution in [3.8, 4) is 0 Å². The van der Waals surface area contributed by atoms with Gasteiger partial charge in [-0.05, 0) is 62.2 Å². The second kappa shape index (κ2) is 6.95. The summed E-state index contributed by atoms with van der Waals surface area (Å²) in [6.07, 6.45) is 7.21. The minimum atomic E-state index is 0.334. The topological polar surface area (TPSA) is 20.3 Å². The number of hydrogen-bond acceptors (Lipinski definition) is 1. The molecule has 0 unspecified atom stereocenters. The normalized spacial score (nSPS) is 29.2. The molecule has 2 fully saturated rings. The van der Waals surface area contributed by atoms with Crippen molar-refractivity contribution in [1.82, 2.24) is 4.90 Å². The lowest BCUT2D eigenvalue weighted by Gasteiger charge is -2.38. The highest BCUT2D eigenvalue weighted by molar-refractivity contribution is 5.79. The predicted molar refractivity (Wildman–Crippen MR) is 84.4 cm³/mol. The summed E-state index contributed by atoms with van der Waals surface area (Å²) >= 11 is 0. The van der Waals surface area contributed by atoms with Crippen molar-refractivity contribution in [3.63, 3.8) is 0 Å². The van der Waals surface area contributed by atoms with Crippen molar-refractivity contribution < 1.29 is 4.79 Å². The number of piperidine rings is 1. The molecule has 1 aliphatic carbocycles. The highest BCUT2D eigenvalue weighted by atomic mass is 16.2. The fourth-order valence-electron chi connectivity index (χ4n) is 4.08. The van der Waals surface area contributed by atoms with E-state index in [2.05, 4.69) is 32.6 Å². The van der Waals surface area contributed by atoms with Crippen molar-refractivity contribution >= 4 is 5.91 Å². The smallest absolute Gasteiger partial charge is 0.225 e. The lowest BCUT2D eigenvalue weighted by Crippen LogP contribution is -2.43. The molecule has 1 saturated heterocycles. The minimum Gasteiger partial charge on any atom is -0.342 e. The van der Waals surface area contributed by atoms with E-state index < -0.39 is 0 Å². The predicted octanol–water partition coefficient (Wildman–Crippen LogP) is 4.34. The van der Waals surface area contributed by atoms with Gasteiger partial charge in [-0.1, -0.05) is 27.7 Å². The fourth-order valence-corrected chi connectivity index (χ4v) is 4.08. The third-order valence-corrected chi connectivity index (χ3v) is 5.86. The van der Waals surface area contributed by atoms with Gasteiger partial charge in [0, 0.05) is 19.0 Å². The molecular formula is C18H33NO. The summed E-state index contributed by atoms with van der Waals surface area (Å²) < 4.78 is 0. The van der Waals surface area contributed by atoms with Crippen LogP contribution in [0.2, 0.25) is 0 Å². The van der Waals surface area contributed by atoms with Crippen LogP contribution in [0.1, 0.15) is 66.2 Å². The molecule has 0 atom stereocenters. The Hall–Kier alpha value is -0.530. The Morgan fingerprint density at radius 2 is 1.25 bits per heavy atom. The van der Waals surface area contributed by atoms with Gasteiger partial charge in [0.05, 0.1) is 0 Å². The van der Waals surface area contributed by atoms with E-state index in [4.69, 9.17) is 0 Å². The van der Waals surface area contributed by atoms with Crippen LogP contribution >= 0.6 is 0 Å². The first-order valence-corrected chi connectivity index (χ1v) is 8.77. The Morgan fingerprint density at radius 1 is 0.800 bits per heavy atom. The number of carbonyl (C=O) groups excluding carboxylic acids is 1. The van der Waals surface area contributed by atoms with Gasteiger partial charge in [0.1, 0.15) is 0 Å². The molecule has 1 saturated carbocycles. The molecule has 0 N–H and O–H groups in total. The molecule has 0 bridgehead atoms. The molecule has 2 heteroatoms. The second-order valence-corrected chi connectivity index (χ2v) is 7.76. The van der Waals surface area contributed by atoms with Crippen molar-refractivity contribution in [2.24, 2.45) is 29.6 Å². The maximum absolute atomic E-state index is 12.6. The third-order valence-electron chi connectivity index (χ3n) is 5.86. The Kier molecular flexibility index (Phi) is 5.51. The maximum Gasteiger partial charge on any atom is 0.225 e. The SMILES string of the molecule is CC(C)C1CCC(C(=O)N2CCC(C(C)C)CC2)CC1. The van der Waals surface area contributed by atoms with E-state index in [-0.39, 0.29) is 0 Å². The molecule has 1 amide bonds. The van der Waals surface area contributed by atoms with Crippen molar-refractivity contribution in [2.45, 2.75) is 66.2 Å². The lowest BCUT2D eigenvalue weighted by atomic mass is 9.76. The Morgan fingerprint density at radius 3 is 1.70 bits per heavy atom. The van der Waals surface area contributed by atoms with Crippen molar-refractivity contribution in [2.75, 3.05) is 13.1 Å². The minimum absolute atomic E-state index is 0.334. The number of likely N-dealkylation sites (tertiary alicyclic amines) is 1. The highest BCUT2D eigenvalue weighted by Crippen LogP contribution is 2.35. The summed E-state index contributed by atoms with van der Waals surface area (Å²) in [5.41, 5.74) is 0. The average molecular weight is 279 g/mol. The molecule has 1 aliphatic heterocycles. The van der Waals surface area contributed by atoms with Crippen LogP contribution < -0.4 is 0 Å². The molecule has 0 aromatic rings. The van der Waals surface area contributed by atoms with Crippen LogP contribution in [0.3, 0.4) is 0 Å². The van der Waals surface area contributed by atoms with Crippen LogP contribution in [0.25, 0.3) is 0 Å². The summed E-state index contributed by atoms with van der Waals surface area (Å²) in [6.45, 7) is 11.3. The summed E-state index contributed by atoms with van der Waals surface area (Å²) in [4.78, 5) is 14.8. The number of nitrogens with zero attached hydrogens (tertiary/aromatic N) is 1. The zero-order chi connectivity index (χ0) is 14.7.